The molecule has 1 saturated heterocycles. The van der Waals surface area contributed by atoms with Crippen LogP contribution in [-0.4, -0.2) is 86.5 Å². The van der Waals surface area contributed by atoms with Crippen LogP contribution >= 0.6 is 0 Å². The van der Waals surface area contributed by atoms with Crippen molar-refractivity contribution in [2.45, 2.75) is 105 Å². The van der Waals surface area contributed by atoms with E-state index in [2.05, 4.69) is 41.7 Å². The number of nitrogens with zero attached hydrogens (tertiary/aromatic N) is 2. The van der Waals surface area contributed by atoms with Gasteiger partial charge < -0.3 is 36.4 Å². The SMILES string of the molecule is C=CCNC(=O)C(=O)C(CC1CC1)NC(=O)[C@@H]1[C@@H]2[C@H](CN1C(=O)[C@@H](NC(=O)N[C@H](Cn1c(O)ccc1O)C(C)(C)C)C(C)(C)C)C2(C)C. The summed E-state index contributed by atoms with van der Waals surface area (Å²) in [4.78, 5) is 69.2. The molecular weight excluding hydrogens is 616 g/mol. The lowest BCUT2D eigenvalue weighted by Gasteiger charge is -2.38. The summed E-state index contributed by atoms with van der Waals surface area (Å²) in [6, 6.07) is -1.35. The van der Waals surface area contributed by atoms with E-state index in [-0.39, 0.29) is 48.0 Å². The number of aromatic nitrogens is 1. The first-order valence-electron chi connectivity index (χ1n) is 16.9. The number of amides is 5. The molecule has 13 nitrogen and oxygen atoms in total. The van der Waals surface area contributed by atoms with Crippen molar-refractivity contribution >= 4 is 29.5 Å². The van der Waals surface area contributed by atoms with Gasteiger partial charge in [0.25, 0.3) is 5.91 Å². The largest absolute Gasteiger partial charge is 0.494 e. The van der Waals surface area contributed by atoms with Crippen molar-refractivity contribution in [1.29, 1.82) is 0 Å². The highest BCUT2D eigenvalue weighted by molar-refractivity contribution is 6.38. The molecule has 4 rings (SSSR count). The highest BCUT2D eigenvalue weighted by Gasteiger charge is 2.70. The number of fused-ring (bicyclic) bond motifs is 1. The summed E-state index contributed by atoms with van der Waals surface area (Å²) in [6.07, 6.45) is 3.66. The van der Waals surface area contributed by atoms with Gasteiger partial charge in [0.05, 0.1) is 12.1 Å². The van der Waals surface area contributed by atoms with Crippen molar-refractivity contribution in [3.63, 3.8) is 0 Å². The Bertz CT molecular complexity index is 1410. The van der Waals surface area contributed by atoms with Crippen LogP contribution in [0.3, 0.4) is 0 Å². The summed E-state index contributed by atoms with van der Waals surface area (Å²) in [7, 11) is 0. The summed E-state index contributed by atoms with van der Waals surface area (Å²) in [6.45, 7) is 19.4. The van der Waals surface area contributed by atoms with Gasteiger partial charge in [-0.15, -0.1) is 6.58 Å². The van der Waals surface area contributed by atoms with Crippen LogP contribution in [0.5, 0.6) is 11.8 Å². The lowest BCUT2D eigenvalue weighted by Crippen LogP contribution is -2.62. The zero-order chi connectivity index (χ0) is 35.9. The molecule has 1 aromatic rings. The maximum Gasteiger partial charge on any atom is 0.315 e. The first-order valence-corrected chi connectivity index (χ1v) is 16.9. The van der Waals surface area contributed by atoms with Gasteiger partial charge in [-0.3, -0.25) is 23.7 Å². The van der Waals surface area contributed by atoms with Gasteiger partial charge in [0.1, 0.15) is 12.1 Å². The third-order valence-corrected chi connectivity index (χ3v) is 10.3. The van der Waals surface area contributed by atoms with Gasteiger partial charge in [0, 0.05) is 31.8 Å². The van der Waals surface area contributed by atoms with Crippen molar-refractivity contribution in [3.8, 4) is 11.8 Å². The first-order chi connectivity index (χ1) is 22.2. The molecule has 6 atom stereocenters. The Morgan fingerprint density at radius 1 is 0.979 bits per heavy atom. The topological polar surface area (TPSA) is 182 Å². The second kappa shape index (κ2) is 13.5. The minimum absolute atomic E-state index is 0.0623. The van der Waals surface area contributed by atoms with Crippen LogP contribution in [0.1, 0.15) is 74.7 Å². The minimum Gasteiger partial charge on any atom is -0.494 e. The number of urea groups is 1. The summed E-state index contributed by atoms with van der Waals surface area (Å²) in [5.41, 5.74) is -1.45. The fourth-order valence-corrected chi connectivity index (χ4v) is 6.90. The van der Waals surface area contributed by atoms with Crippen LogP contribution in [0, 0.1) is 34.0 Å². The number of hydrogen-bond acceptors (Lipinski definition) is 7. The molecule has 3 aliphatic rings. The quantitative estimate of drug-likeness (QED) is 0.138. The Hall–Kier alpha value is -4.03. The van der Waals surface area contributed by atoms with Gasteiger partial charge in [0.15, 0.2) is 11.8 Å². The molecule has 0 aromatic carbocycles. The maximum atomic E-state index is 14.4. The van der Waals surface area contributed by atoms with E-state index < -0.39 is 64.5 Å². The smallest absolute Gasteiger partial charge is 0.315 e. The van der Waals surface area contributed by atoms with E-state index >= 15 is 0 Å². The van der Waals surface area contributed by atoms with Crippen LogP contribution in [0.15, 0.2) is 24.8 Å². The van der Waals surface area contributed by atoms with Crippen molar-refractivity contribution < 1.29 is 34.2 Å². The van der Waals surface area contributed by atoms with Crippen LogP contribution in [-0.2, 0) is 25.7 Å². The molecule has 1 aromatic heterocycles. The number of aromatic hydroxyl groups is 2. The second-order valence-corrected chi connectivity index (χ2v) is 16.5. The van der Waals surface area contributed by atoms with Crippen LogP contribution < -0.4 is 21.3 Å². The van der Waals surface area contributed by atoms with E-state index in [0.717, 1.165) is 12.8 Å². The lowest BCUT2D eigenvalue weighted by atomic mass is 9.85. The Morgan fingerprint density at radius 2 is 1.58 bits per heavy atom. The molecule has 2 heterocycles. The first kappa shape index (κ1) is 36.8. The van der Waals surface area contributed by atoms with Crippen LogP contribution in [0.25, 0.3) is 0 Å². The predicted molar refractivity (Wildman–Crippen MR) is 180 cm³/mol. The number of hydrogen-bond donors (Lipinski definition) is 6. The molecule has 1 unspecified atom stereocenters. The molecule has 0 spiro atoms. The number of piperidine rings is 1. The van der Waals surface area contributed by atoms with Crippen molar-refractivity contribution in [2.75, 3.05) is 13.1 Å². The van der Waals surface area contributed by atoms with Gasteiger partial charge in [-0.25, -0.2) is 4.79 Å². The van der Waals surface area contributed by atoms with E-state index in [1.807, 2.05) is 41.5 Å². The highest BCUT2D eigenvalue weighted by Crippen LogP contribution is 2.65. The molecule has 2 aliphatic carbocycles. The van der Waals surface area contributed by atoms with Crippen LogP contribution in [0.4, 0.5) is 4.79 Å². The fourth-order valence-electron chi connectivity index (χ4n) is 6.90. The third kappa shape index (κ3) is 7.98. The van der Waals surface area contributed by atoms with Crippen molar-refractivity contribution in [2.24, 2.45) is 34.0 Å². The standard InChI is InChI=1S/C35H54N6O7/c1-10-15-36-30(46)27(44)21(16-19-11-12-19)37-29(45)26-25-20(35(25,8)9)17-41(26)31(47)28(34(5,6)7)39-32(48)38-22(33(2,3)4)18-40-23(42)13-14-24(40)43/h10,13-14,19-22,25-26,28,42-43H,1,11-12,15-18H2,2-9H3,(H,36,46)(H,37,45)(H2,38,39,48)/t20-,21?,22+,25-,26-,28+/m0/s1. The van der Waals surface area contributed by atoms with E-state index in [4.69, 9.17) is 0 Å². The number of carbonyl (C=O) groups is 5. The number of nitrogens with one attached hydrogen (secondary N) is 4. The third-order valence-electron chi connectivity index (χ3n) is 10.3. The van der Waals surface area contributed by atoms with Gasteiger partial charge in [-0.1, -0.05) is 74.3 Å². The Morgan fingerprint density at radius 3 is 2.10 bits per heavy atom. The average Bonchev–Trinajstić information content (AvgIpc) is 3.79. The number of rotatable bonds is 13. The molecule has 1 aliphatic heterocycles. The monoisotopic (exact) mass is 670 g/mol. The second-order valence-electron chi connectivity index (χ2n) is 16.5. The maximum absolute atomic E-state index is 14.4. The van der Waals surface area contributed by atoms with Gasteiger partial charge in [-0.2, -0.15) is 0 Å². The molecule has 13 heteroatoms. The molecule has 5 amide bonds. The van der Waals surface area contributed by atoms with Gasteiger partial charge >= 0.3 is 6.03 Å². The minimum atomic E-state index is -1.02. The summed E-state index contributed by atoms with van der Waals surface area (Å²) < 4.78 is 1.29. The average molecular weight is 671 g/mol. The Labute approximate surface area is 283 Å². The summed E-state index contributed by atoms with van der Waals surface area (Å²) in [5, 5.41) is 31.5. The molecule has 2 saturated carbocycles. The number of likely N-dealkylation sites (tertiary alicyclic amines) is 1. The normalized spacial score (nSPS) is 23.2. The predicted octanol–water partition coefficient (Wildman–Crippen LogP) is 2.67. The molecule has 3 fully saturated rings. The van der Waals surface area contributed by atoms with Gasteiger partial charge in [0.2, 0.25) is 17.6 Å². The van der Waals surface area contributed by atoms with Crippen LogP contribution in [0.2, 0.25) is 0 Å². The molecule has 266 valence electrons. The summed E-state index contributed by atoms with van der Waals surface area (Å²) >= 11 is 0. The number of ketones is 1. The Balaban J connectivity index is 1.53. The lowest BCUT2D eigenvalue weighted by molar-refractivity contribution is -0.145. The fraction of sp³-hybridized carbons (Fsp3) is 0.686. The molecule has 0 radical (unpaired) electrons. The van der Waals surface area contributed by atoms with Gasteiger partial charge in [-0.05, 0) is 40.4 Å². The van der Waals surface area contributed by atoms with E-state index in [1.165, 1.54) is 27.7 Å². The Kier molecular flexibility index (Phi) is 10.3. The number of Topliss-reactive ketones (excluding diaryl/α,β-unsaturated/α-hetero) is 1. The molecule has 6 N–H and O–H groups in total. The highest BCUT2D eigenvalue weighted by atomic mass is 16.3. The van der Waals surface area contributed by atoms with Crippen molar-refractivity contribution in [3.05, 3.63) is 24.8 Å². The molecular formula is C35H54N6O7. The van der Waals surface area contributed by atoms with E-state index in [9.17, 15) is 34.2 Å². The zero-order valence-corrected chi connectivity index (χ0v) is 29.6. The zero-order valence-electron chi connectivity index (χ0n) is 29.6. The molecule has 0 bridgehead atoms. The van der Waals surface area contributed by atoms with E-state index in [0.29, 0.717) is 13.0 Å². The van der Waals surface area contributed by atoms with Crippen molar-refractivity contribution in [1.82, 2.24) is 30.7 Å². The van der Waals surface area contributed by atoms with E-state index in [1.54, 1.807) is 0 Å². The summed E-state index contributed by atoms with van der Waals surface area (Å²) in [5.74, 6) is -2.54. The molecule has 48 heavy (non-hydrogen) atoms. The number of carbonyl (C=O) groups excluding carboxylic acids is 5.